The molecule has 0 aromatic carbocycles. The molecule has 2 atom stereocenters. The molecule has 1 heteroatoms. The third-order valence-corrected chi connectivity index (χ3v) is 2.90. The van der Waals surface area contributed by atoms with E-state index in [2.05, 4.69) is 45.9 Å². The van der Waals surface area contributed by atoms with Gasteiger partial charge in [-0.3, -0.25) is 0 Å². The van der Waals surface area contributed by atoms with Crippen LogP contribution in [0.25, 0.3) is 0 Å². The van der Waals surface area contributed by atoms with Crippen LogP contribution in [0, 0.1) is 11.3 Å². The lowest BCUT2D eigenvalue weighted by atomic mass is 9.74. The Morgan fingerprint density at radius 2 is 2.08 bits per heavy atom. The van der Waals surface area contributed by atoms with Crippen LogP contribution in [0.2, 0.25) is 0 Å². The SMILES string of the molecule is CC1=CCC(C)(C(O)C(C)C)C=C1. The minimum absolute atomic E-state index is 0.0618. The van der Waals surface area contributed by atoms with Gasteiger partial charge in [-0.2, -0.15) is 0 Å². The first kappa shape index (κ1) is 10.5. The van der Waals surface area contributed by atoms with E-state index in [0.29, 0.717) is 5.92 Å². The first-order valence-corrected chi connectivity index (χ1v) is 5.00. The van der Waals surface area contributed by atoms with Crippen LogP contribution in [0.5, 0.6) is 0 Å². The molecule has 0 radical (unpaired) electrons. The van der Waals surface area contributed by atoms with E-state index in [1.165, 1.54) is 5.57 Å². The summed E-state index contributed by atoms with van der Waals surface area (Å²) in [5.41, 5.74) is 1.24. The van der Waals surface area contributed by atoms with Gasteiger partial charge < -0.3 is 5.11 Å². The van der Waals surface area contributed by atoms with E-state index in [9.17, 15) is 5.11 Å². The van der Waals surface area contributed by atoms with Gasteiger partial charge in [0, 0.05) is 5.41 Å². The molecular weight excluding hydrogens is 160 g/mol. The number of aliphatic hydroxyl groups is 1. The molecule has 2 unspecified atom stereocenters. The highest BCUT2D eigenvalue weighted by Gasteiger charge is 2.32. The summed E-state index contributed by atoms with van der Waals surface area (Å²) in [4.78, 5) is 0. The topological polar surface area (TPSA) is 20.2 Å². The monoisotopic (exact) mass is 180 g/mol. The number of hydrogen-bond acceptors (Lipinski definition) is 1. The summed E-state index contributed by atoms with van der Waals surface area (Å²) in [6.07, 6.45) is 7.16. The Morgan fingerprint density at radius 3 is 2.46 bits per heavy atom. The fourth-order valence-corrected chi connectivity index (χ4v) is 1.82. The molecule has 0 spiro atoms. The van der Waals surface area contributed by atoms with Crippen LogP contribution < -0.4 is 0 Å². The molecule has 1 rings (SSSR count). The fourth-order valence-electron chi connectivity index (χ4n) is 1.82. The van der Waals surface area contributed by atoms with Gasteiger partial charge in [-0.25, -0.2) is 0 Å². The molecule has 0 amide bonds. The van der Waals surface area contributed by atoms with Gasteiger partial charge in [0.2, 0.25) is 0 Å². The normalized spacial score (nSPS) is 30.5. The lowest BCUT2D eigenvalue weighted by Crippen LogP contribution is -2.35. The summed E-state index contributed by atoms with van der Waals surface area (Å²) < 4.78 is 0. The van der Waals surface area contributed by atoms with Gasteiger partial charge in [0.05, 0.1) is 6.10 Å². The van der Waals surface area contributed by atoms with Crippen LogP contribution in [0.1, 0.15) is 34.1 Å². The van der Waals surface area contributed by atoms with E-state index < -0.39 is 0 Å². The van der Waals surface area contributed by atoms with E-state index in [0.717, 1.165) is 6.42 Å². The maximum absolute atomic E-state index is 10.0. The van der Waals surface area contributed by atoms with E-state index in [4.69, 9.17) is 0 Å². The van der Waals surface area contributed by atoms with Crippen LogP contribution in [0.15, 0.2) is 23.8 Å². The molecule has 1 N–H and O–H groups in total. The average molecular weight is 180 g/mol. The van der Waals surface area contributed by atoms with Crippen molar-refractivity contribution in [3.8, 4) is 0 Å². The molecule has 0 heterocycles. The van der Waals surface area contributed by atoms with Gasteiger partial charge in [-0.15, -0.1) is 0 Å². The standard InChI is InChI=1S/C12H20O/c1-9(2)11(13)12(4)7-5-10(3)6-8-12/h5-7,9,11,13H,8H2,1-4H3. The largest absolute Gasteiger partial charge is 0.392 e. The van der Waals surface area contributed by atoms with Crippen molar-refractivity contribution in [2.75, 3.05) is 0 Å². The minimum Gasteiger partial charge on any atom is -0.392 e. The molecule has 0 saturated carbocycles. The highest BCUT2D eigenvalue weighted by molar-refractivity contribution is 5.25. The number of hydrogen-bond donors (Lipinski definition) is 1. The Kier molecular flexibility index (Phi) is 2.97. The van der Waals surface area contributed by atoms with Gasteiger partial charge in [-0.1, -0.05) is 44.6 Å². The second-order valence-corrected chi connectivity index (χ2v) is 4.68. The summed E-state index contributed by atoms with van der Waals surface area (Å²) >= 11 is 0. The zero-order valence-corrected chi connectivity index (χ0v) is 9.04. The van der Waals surface area contributed by atoms with Crippen molar-refractivity contribution in [1.82, 2.24) is 0 Å². The molecule has 0 fully saturated rings. The third-order valence-electron chi connectivity index (χ3n) is 2.90. The summed E-state index contributed by atoms with van der Waals surface area (Å²) in [6.45, 7) is 8.35. The molecular formula is C12H20O. The predicted octanol–water partition coefficient (Wildman–Crippen LogP) is 2.92. The highest BCUT2D eigenvalue weighted by atomic mass is 16.3. The van der Waals surface area contributed by atoms with Gasteiger partial charge in [-0.05, 0) is 19.3 Å². The molecule has 1 nitrogen and oxygen atoms in total. The summed E-state index contributed by atoms with van der Waals surface area (Å²) in [5.74, 6) is 0.321. The Labute approximate surface area is 81.2 Å². The third kappa shape index (κ3) is 2.22. The maximum Gasteiger partial charge on any atom is 0.0654 e. The molecule has 0 aliphatic heterocycles. The van der Waals surface area contributed by atoms with Crippen molar-refractivity contribution in [2.24, 2.45) is 11.3 Å². The summed E-state index contributed by atoms with van der Waals surface area (Å²) in [6, 6.07) is 0. The minimum atomic E-state index is -0.243. The fraction of sp³-hybridized carbons (Fsp3) is 0.667. The summed E-state index contributed by atoms with van der Waals surface area (Å²) in [5, 5.41) is 10.0. The van der Waals surface area contributed by atoms with E-state index in [1.807, 2.05) is 0 Å². The molecule has 0 aromatic heterocycles. The zero-order chi connectivity index (χ0) is 10.1. The lowest BCUT2D eigenvalue weighted by molar-refractivity contribution is 0.0316. The molecule has 1 aliphatic rings. The second kappa shape index (κ2) is 3.67. The van der Waals surface area contributed by atoms with Crippen molar-refractivity contribution >= 4 is 0 Å². The second-order valence-electron chi connectivity index (χ2n) is 4.68. The summed E-state index contributed by atoms with van der Waals surface area (Å²) in [7, 11) is 0. The number of allylic oxidation sites excluding steroid dienone is 3. The van der Waals surface area contributed by atoms with Crippen LogP contribution in [-0.2, 0) is 0 Å². The number of rotatable bonds is 2. The highest BCUT2D eigenvalue weighted by Crippen LogP contribution is 2.35. The van der Waals surface area contributed by atoms with Crippen molar-refractivity contribution in [3.05, 3.63) is 23.8 Å². The molecule has 0 bridgehead atoms. The Morgan fingerprint density at radius 1 is 1.46 bits per heavy atom. The molecule has 0 saturated heterocycles. The van der Waals surface area contributed by atoms with Crippen molar-refractivity contribution in [1.29, 1.82) is 0 Å². The Hall–Kier alpha value is -0.560. The predicted molar refractivity (Wildman–Crippen MR) is 56.5 cm³/mol. The first-order valence-electron chi connectivity index (χ1n) is 5.00. The van der Waals surface area contributed by atoms with E-state index in [1.54, 1.807) is 0 Å². The average Bonchev–Trinajstić information content (AvgIpc) is 2.09. The van der Waals surface area contributed by atoms with Crippen LogP contribution in [0.3, 0.4) is 0 Å². The smallest absolute Gasteiger partial charge is 0.0654 e. The van der Waals surface area contributed by atoms with E-state index >= 15 is 0 Å². The first-order chi connectivity index (χ1) is 5.96. The van der Waals surface area contributed by atoms with Crippen molar-refractivity contribution in [2.45, 2.75) is 40.2 Å². The lowest BCUT2D eigenvalue weighted by Gasteiger charge is -2.35. The molecule has 13 heavy (non-hydrogen) atoms. The van der Waals surface area contributed by atoms with Crippen LogP contribution in [0.4, 0.5) is 0 Å². The van der Waals surface area contributed by atoms with E-state index in [-0.39, 0.29) is 11.5 Å². The van der Waals surface area contributed by atoms with Crippen LogP contribution in [-0.4, -0.2) is 11.2 Å². The van der Waals surface area contributed by atoms with Crippen LogP contribution >= 0.6 is 0 Å². The molecule has 0 aromatic rings. The van der Waals surface area contributed by atoms with Crippen molar-refractivity contribution in [3.63, 3.8) is 0 Å². The maximum atomic E-state index is 10.0. The van der Waals surface area contributed by atoms with Gasteiger partial charge >= 0.3 is 0 Å². The van der Waals surface area contributed by atoms with Crippen molar-refractivity contribution < 1.29 is 5.11 Å². The Bertz CT molecular complexity index is 238. The van der Waals surface area contributed by atoms with Gasteiger partial charge in [0.1, 0.15) is 0 Å². The Balaban J connectivity index is 2.75. The molecule has 1 aliphatic carbocycles. The number of aliphatic hydroxyl groups excluding tert-OH is 1. The zero-order valence-electron chi connectivity index (χ0n) is 9.04. The van der Waals surface area contributed by atoms with Gasteiger partial charge in [0.25, 0.3) is 0 Å². The molecule has 74 valence electrons. The quantitative estimate of drug-likeness (QED) is 0.692. The van der Waals surface area contributed by atoms with Gasteiger partial charge in [0.15, 0.2) is 0 Å².